The van der Waals surface area contributed by atoms with Crippen molar-refractivity contribution in [1.82, 2.24) is 4.98 Å². The molecule has 0 fully saturated rings. The highest BCUT2D eigenvalue weighted by atomic mass is 16.3. The molecule has 7 heteroatoms. The van der Waals surface area contributed by atoms with Gasteiger partial charge in [0.15, 0.2) is 11.4 Å². The van der Waals surface area contributed by atoms with Gasteiger partial charge in [-0.3, -0.25) is 14.4 Å². The molecule has 1 aliphatic heterocycles. The van der Waals surface area contributed by atoms with Crippen LogP contribution in [0.25, 0.3) is 11.1 Å². The second kappa shape index (κ2) is 5.36. The number of benzene rings is 1. The number of rotatable bonds is 3. The van der Waals surface area contributed by atoms with Crippen LogP contribution in [0.3, 0.4) is 0 Å². The molecule has 0 bridgehead atoms. The van der Waals surface area contributed by atoms with Crippen molar-refractivity contribution in [2.45, 2.75) is 0 Å². The fourth-order valence-corrected chi connectivity index (χ4v) is 2.36. The van der Waals surface area contributed by atoms with E-state index < -0.39 is 23.2 Å². The molecular formula is C16H14N2O5. The SMILES string of the molecule is CN(C)c1ccc2[nH]c3c(C(=O)CO)cc(=O)c(=O)c=3oc2c1. The van der Waals surface area contributed by atoms with Crippen molar-refractivity contribution in [3.05, 3.63) is 61.0 Å². The summed E-state index contributed by atoms with van der Waals surface area (Å²) in [6, 6.07) is 6.23. The summed E-state index contributed by atoms with van der Waals surface area (Å²) >= 11 is 0. The zero-order valence-electron chi connectivity index (χ0n) is 12.5. The number of aliphatic hydroxyl groups excluding tert-OH is 1. The molecule has 0 saturated carbocycles. The molecule has 0 unspecified atom stereocenters. The predicted octanol–water partition coefficient (Wildman–Crippen LogP) is 0.447. The lowest BCUT2D eigenvalue weighted by atomic mass is 10.1. The van der Waals surface area contributed by atoms with Crippen LogP contribution in [0.5, 0.6) is 0 Å². The number of nitrogens with one attached hydrogen (secondary N) is 1. The van der Waals surface area contributed by atoms with Crippen molar-refractivity contribution >= 4 is 22.6 Å². The Morgan fingerprint density at radius 1 is 1.26 bits per heavy atom. The monoisotopic (exact) mass is 314 g/mol. The van der Waals surface area contributed by atoms with Crippen molar-refractivity contribution < 1.29 is 14.3 Å². The number of hydrogen-bond acceptors (Lipinski definition) is 6. The Labute approximate surface area is 129 Å². The number of aromatic amines is 1. The maximum Gasteiger partial charge on any atom is 0.270 e. The third-order valence-electron chi connectivity index (χ3n) is 3.60. The molecule has 0 spiro atoms. The van der Waals surface area contributed by atoms with Crippen LogP contribution in [0.15, 0.2) is 38.3 Å². The molecule has 3 rings (SSSR count). The van der Waals surface area contributed by atoms with Gasteiger partial charge in [-0.1, -0.05) is 0 Å². The molecule has 2 aliphatic rings. The first-order chi connectivity index (χ1) is 10.9. The normalized spacial score (nSPS) is 11.1. The number of nitrogens with zero attached hydrogens (tertiary/aromatic N) is 1. The number of carbonyl (C=O) groups excluding carboxylic acids is 1. The fourth-order valence-electron chi connectivity index (χ4n) is 2.36. The lowest BCUT2D eigenvalue weighted by Gasteiger charge is -2.12. The summed E-state index contributed by atoms with van der Waals surface area (Å²) < 4.78 is 5.58. The van der Waals surface area contributed by atoms with Crippen LogP contribution in [-0.2, 0) is 0 Å². The van der Waals surface area contributed by atoms with Gasteiger partial charge in [-0.05, 0) is 12.1 Å². The van der Waals surface area contributed by atoms with Crippen LogP contribution in [0, 0.1) is 10.8 Å². The van der Waals surface area contributed by atoms with Gasteiger partial charge in [-0.2, -0.15) is 0 Å². The second-order valence-electron chi connectivity index (χ2n) is 5.34. The number of aromatic nitrogens is 1. The number of anilines is 1. The first-order valence-electron chi connectivity index (χ1n) is 6.87. The zero-order chi connectivity index (χ0) is 16.7. The van der Waals surface area contributed by atoms with E-state index in [4.69, 9.17) is 9.52 Å². The fraction of sp³-hybridized carbons (Fsp3) is 0.188. The molecular weight excluding hydrogens is 300 g/mol. The van der Waals surface area contributed by atoms with E-state index in [1.165, 1.54) is 0 Å². The summed E-state index contributed by atoms with van der Waals surface area (Å²) in [6.07, 6.45) is 0. The van der Waals surface area contributed by atoms with Crippen molar-refractivity contribution in [2.24, 2.45) is 0 Å². The third kappa shape index (κ3) is 2.40. The number of ketones is 1. The topological polar surface area (TPSA) is 104 Å². The molecule has 1 heterocycles. The van der Waals surface area contributed by atoms with E-state index in [2.05, 4.69) is 4.98 Å². The van der Waals surface area contributed by atoms with Crippen LogP contribution < -0.4 is 15.8 Å². The Bertz CT molecular complexity index is 1090. The molecule has 118 valence electrons. The highest BCUT2D eigenvalue weighted by Crippen LogP contribution is 2.20. The Hall–Kier alpha value is -2.93. The van der Waals surface area contributed by atoms with Crippen molar-refractivity contribution in [1.29, 1.82) is 0 Å². The van der Waals surface area contributed by atoms with Crippen molar-refractivity contribution in [2.75, 3.05) is 25.6 Å². The van der Waals surface area contributed by atoms with Gasteiger partial charge in [-0.15, -0.1) is 0 Å². The predicted molar refractivity (Wildman–Crippen MR) is 84.1 cm³/mol. The molecule has 1 aromatic rings. The Kier molecular flexibility index (Phi) is 3.49. The summed E-state index contributed by atoms with van der Waals surface area (Å²) in [7, 11) is 3.72. The largest absolute Gasteiger partial charge is 0.449 e. The summed E-state index contributed by atoms with van der Waals surface area (Å²) in [4.78, 5) is 40.4. The summed E-state index contributed by atoms with van der Waals surface area (Å²) in [5, 5.41) is 9.15. The van der Waals surface area contributed by atoms with Crippen LogP contribution in [0.2, 0.25) is 0 Å². The van der Waals surface area contributed by atoms with E-state index in [9.17, 15) is 14.4 Å². The lowest BCUT2D eigenvalue weighted by molar-refractivity contribution is 0.0902. The summed E-state index contributed by atoms with van der Waals surface area (Å²) in [5.41, 5.74) is -0.169. The second-order valence-corrected chi connectivity index (χ2v) is 5.34. The summed E-state index contributed by atoms with van der Waals surface area (Å²) in [5.74, 6) is -0.664. The van der Waals surface area contributed by atoms with E-state index in [0.29, 0.717) is 11.1 Å². The molecule has 23 heavy (non-hydrogen) atoms. The van der Waals surface area contributed by atoms with Gasteiger partial charge in [-0.25, -0.2) is 0 Å². The first-order valence-corrected chi connectivity index (χ1v) is 6.87. The average Bonchev–Trinajstić information content (AvgIpc) is 2.55. The van der Waals surface area contributed by atoms with Gasteiger partial charge in [0.1, 0.15) is 6.61 Å². The maximum atomic E-state index is 12.0. The molecule has 0 amide bonds. The number of H-pyrrole nitrogens is 1. The van der Waals surface area contributed by atoms with Crippen molar-refractivity contribution in [3.63, 3.8) is 0 Å². The smallest absolute Gasteiger partial charge is 0.270 e. The van der Waals surface area contributed by atoms with Gasteiger partial charge in [0, 0.05) is 31.9 Å². The molecule has 1 aliphatic carbocycles. The molecule has 0 radical (unpaired) electrons. The number of Topliss-reactive ketones (excluding diaryl/α,β-unsaturated/α-hetero) is 1. The van der Waals surface area contributed by atoms with Gasteiger partial charge in [0.25, 0.3) is 5.43 Å². The number of aliphatic hydroxyl groups is 1. The highest BCUT2D eigenvalue weighted by Gasteiger charge is 2.15. The molecule has 0 atom stereocenters. The minimum Gasteiger partial charge on any atom is -0.449 e. The Morgan fingerprint density at radius 2 is 2.00 bits per heavy atom. The average molecular weight is 314 g/mol. The van der Waals surface area contributed by atoms with E-state index in [-0.39, 0.29) is 16.3 Å². The first kappa shape index (κ1) is 15.0. The van der Waals surface area contributed by atoms with Gasteiger partial charge < -0.3 is 19.4 Å². The van der Waals surface area contributed by atoms with Crippen LogP contribution in [0.4, 0.5) is 5.69 Å². The standard InChI is InChI=1S/C16H14N2O5/c1-18(2)8-3-4-10-13(5-8)23-16-14(17-10)9(12(21)7-19)6-11(20)15(16)22/h3-6,17,19H,7H2,1-2H3. The minimum absolute atomic E-state index is 0.0607. The minimum atomic E-state index is -0.852. The number of hydrogen-bond donors (Lipinski definition) is 2. The summed E-state index contributed by atoms with van der Waals surface area (Å²) in [6.45, 7) is -0.766. The van der Waals surface area contributed by atoms with Crippen LogP contribution in [0.1, 0.15) is 10.4 Å². The van der Waals surface area contributed by atoms with E-state index >= 15 is 0 Å². The lowest BCUT2D eigenvalue weighted by Crippen LogP contribution is -2.27. The Balaban J connectivity index is 2.50. The van der Waals surface area contributed by atoms with Crippen molar-refractivity contribution in [3.8, 4) is 0 Å². The van der Waals surface area contributed by atoms with Crippen LogP contribution in [-0.4, -0.2) is 36.6 Å². The number of fused-ring (bicyclic) bond motifs is 1. The Morgan fingerprint density at radius 3 is 2.65 bits per heavy atom. The number of carbonyl (C=O) groups is 1. The van der Waals surface area contributed by atoms with Gasteiger partial charge in [0.05, 0.1) is 16.4 Å². The van der Waals surface area contributed by atoms with E-state index in [1.807, 2.05) is 25.1 Å². The zero-order valence-corrected chi connectivity index (χ0v) is 12.5. The highest BCUT2D eigenvalue weighted by molar-refractivity contribution is 5.97. The molecule has 2 N–H and O–H groups in total. The van der Waals surface area contributed by atoms with E-state index in [0.717, 1.165) is 11.8 Å². The molecule has 7 nitrogen and oxygen atoms in total. The van der Waals surface area contributed by atoms with E-state index in [1.54, 1.807) is 12.1 Å². The molecule has 0 aromatic heterocycles. The third-order valence-corrected chi connectivity index (χ3v) is 3.60. The molecule has 0 saturated heterocycles. The van der Waals surface area contributed by atoms with Crippen LogP contribution >= 0.6 is 0 Å². The molecule has 1 aromatic carbocycles. The quantitative estimate of drug-likeness (QED) is 0.537. The van der Waals surface area contributed by atoms with Gasteiger partial charge >= 0.3 is 0 Å². The maximum absolute atomic E-state index is 12.0. The van der Waals surface area contributed by atoms with Gasteiger partial charge in [0.2, 0.25) is 10.8 Å².